The van der Waals surface area contributed by atoms with Gasteiger partial charge in [-0.2, -0.15) is 5.26 Å². The number of hydrogen-bond donors (Lipinski definition) is 0. The van der Waals surface area contributed by atoms with Gasteiger partial charge in [0.15, 0.2) is 0 Å². The SMILES string of the molecule is CCC1(CC)CCN(c2cc(C#N)c3ccccc3n2)C1. The molecule has 3 rings (SSSR count). The fourth-order valence-electron chi connectivity index (χ4n) is 3.37. The Balaban J connectivity index is 2.01. The molecule has 3 nitrogen and oxygen atoms in total. The Morgan fingerprint density at radius 2 is 2.05 bits per heavy atom. The van der Waals surface area contributed by atoms with Crippen molar-refractivity contribution in [2.24, 2.45) is 5.41 Å². The van der Waals surface area contributed by atoms with Gasteiger partial charge in [0.05, 0.1) is 17.1 Å². The fraction of sp³-hybridized carbons (Fsp3) is 0.444. The number of anilines is 1. The number of hydrogen-bond acceptors (Lipinski definition) is 3. The summed E-state index contributed by atoms with van der Waals surface area (Å²) < 4.78 is 0. The van der Waals surface area contributed by atoms with Gasteiger partial charge in [-0.1, -0.05) is 32.0 Å². The van der Waals surface area contributed by atoms with Crippen molar-refractivity contribution in [1.29, 1.82) is 5.26 Å². The molecule has 0 bridgehead atoms. The Morgan fingerprint density at radius 3 is 2.71 bits per heavy atom. The van der Waals surface area contributed by atoms with Gasteiger partial charge in [-0.15, -0.1) is 0 Å². The number of pyridine rings is 1. The van der Waals surface area contributed by atoms with Crippen molar-refractivity contribution in [3.05, 3.63) is 35.9 Å². The standard InChI is InChI=1S/C18H21N3/c1-3-18(4-2)9-10-21(13-18)17-11-14(12-19)15-7-5-6-8-16(15)20-17/h5-8,11H,3-4,9-10,13H2,1-2H3. The predicted molar refractivity (Wildman–Crippen MR) is 86.3 cm³/mol. The zero-order valence-electron chi connectivity index (χ0n) is 12.8. The lowest BCUT2D eigenvalue weighted by molar-refractivity contribution is 0.301. The molecule has 0 radical (unpaired) electrons. The lowest BCUT2D eigenvalue weighted by Gasteiger charge is -2.27. The smallest absolute Gasteiger partial charge is 0.130 e. The summed E-state index contributed by atoms with van der Waals surface area (Å²) in [7, 11) is 0. The molecule has 0 atom stereocenters. The van der Waals surface area contributed by atoms with Crippen molar-refractivity contribution < 1.29 is 0 Å². The number of benzene rings is 1. The van der Waals surface area contributed by atoms with Gasteiger partial charge in [-0.25, -0.2) is 4.98 Å². The number of fused-ring (bicyclic) bond motifs is 1. The molecule has 2 aromatic rings. The fourth-order valence-corrected chi connectivity index (χ4v) is 3.37. The van der Waals surface area contributed by atoms with E-state index >= 15 is 0 Å². The summed E-state index contributed by atoms with van der Waals surface area (Å²) in [5, 5.41) is 10.3. The Labute approximate surface area is 126 Å². The van der Waals surface area contributed by atoms with E-state index in [1.165, 1.54) is 19.3 Å². The maximum absolute atomic E-state index is 9.40. The molecule has 1 aliphatic heterocycles. The molecule has 1 aromatic carbocycles. The van der Waals surface area contributed by atoms with E-state index in [0.717, 1.165) is 35.4 Å². The van der Waals surface area contributed by atoms with Crippen molar-refractivity contribution in [3.8, 4) is 6.07 Å². The minimum absolute atomic E-state index is 0.417. The van der Waals surface area contributed by atoms with Crippen molar-refractivity contribution in [1.82, 2.24) is 4.98 Å². The Hall–Kier alpha value is -2.08. The molecule has 1 saturated heterocycles. The minimum atomic E-state index is 0.417. The summed E-state index contributed by atoms with van der Waals surface area (Å²) in [6.45, 7) is 6.65. The van der Waals surface area contributed by atoms with E-state index in [4.69, 9.17) is 4.98 Å². The zero-order chi connectivity index (χ0) is 14.9. The molecule has 21 heavy (non-hydrogen) atoms. The van der Waals surface area contributed by atoms with Crippen LogP contribution in [0, 0.1) is 16.7 Å². The van der Waals surface area contributed by atoms with Crippen LogP contribution in [0.5, 0.6) is 0 Å². The maximum atomic E-state index is 9.40. The van der Waals surface area contributed by atoms with Gasteiger partial charge < -0.3 is 4.90 Å². The Kier molecular flexibility index (Phi) is 3.55. The van der Waals surface area contributed by atoms with Crippen LogP contribution >= 0.6 is 0 Å². The first-order chi connectivity index (χ1) is 10.2. The summed E-state index contributed by atoms with van der Waals surface area (Å²) in [5.74, 6) is 0.953. The number of aromatic nitrogens is 1. The summed E-state index contributed by atoms with van der Waals surface area (Å²) in [6.07, 6.45) is 3.63. The van der Waals surface area contributed by atoms with E-state index in [1.807, 2.05) is 30.3 Å². The van der Waals surface area contributed by atoms with Crippen molar-refractivity contribution in [2.45, 2.75) is 33.1 Å². The van der Waals surface area contributed by atoms with Gasteiger partial charge in [0, 0.05) is 18.5 Å². The molecule has 0 saturated carbocycles. The third-order valence-corrected chi connectivity index (χ3v) is 5.09. The number of nitriles is 1. The molecule has 1 aliphatic rings. The number of para-hydroxylation sites is 1. The van der Waals surface area contributed by atoms with Gasteiger partial charge >= 0.3 is 0 Å². The average Bonchev–Trinajstić information content (AvgIpc) is 2.99. The molecule has 0 N–H and O–H groups in total. The van der Waals surface area contributed by atoms with Gasteiger partial charge in [0.1, 0.15) is 5.82 Å². The molecular formula is C18H21N3. The maximum Gasteiger partial charge on any atom is 0.130 e. The van der Waals surface area contributed by atoms with Crippen LogP contribution in [0.2, 0.25) is 0 Å². The largest absolute Gasteiger partial charge is 0.356 e. The van der Waals surface area contributed by atoms with E-state index in [9.17, 15) is 5.26 Å². The van der Waals surface area contributed by atoms with Crippen LogP contribution in [0.1, 0.15) is 38.7 Å². The zero-order valence-corrected chi connectivity index (χ0v) is 12.8. The van der Waals surface area contributed by atoms with Crippen LogP contribution in [-0.2, 0) is 0 Å². The summed E-state index contributed by atoms with van der Waals surface area (Å²) in [4.78, 5) is 7.12. The second kappa shape index (κ2) is 5.37. The molecular weight excluding hydrogens is 258 g/mol. The Morgan fingerprint density at radius 1 is 1.29 bits per heavy atom. The van der Waals surface area contributed by atoms with Gasteiger partial charge in [-0.05, 0) is 36.8 Å². The minimum Gasteiger partial charge on any atom is -0.356 e. The van der Waals surface area contributed by atoms with E-state index < -0.39 is 0 Å². The lowest BCUT2D eigenvalue weighted by atomic mass is 9.82. The Bertz CT molecular complexity index is 695. The summed E-state index contributed by atoms with van der Waals surface area (Å²) in [5.41, 5.74) is 2.05. The van der Waals surface area contributed by atoms with E-state index in [0.29, 0.717) is 5.41 Å². The predicted octanol–water partition coefficient (Wildman–Crippen LogP) is 4.12. The molecule has 2 heterocycles. The highest BCUT2D eigenvalue weighted by molar-refractivity contribution is 5.86. The molecule has 0 unspecified atom stereocenters. The first kappa shape index (κ1) is 13.9. The third kappa shape index (κ3) is 2.35. The normalized spacial score (nSPS) is 17.1. The second-order valence-electron chi connectivity index (χ2n) is 6.04. The monoisotopic (exact) mass is 279 g/mol. The second-order valence-corrected chi connectivity index (χ2v) is 6.04. The highest BCUT2D eigenvalue weighted by atomic mass is 15.2. The van der Waals surface area contributed by atoms with Crippen LogP contribution in [0.15, 0.2) is 30.3 Å². The topological polar surface area (TPSA) is 39.9 Å². The molecule has 108 valence electrons. The van der Waals surface area contributed by atoms with E-state index in [-0.39, 0.29) is 0 Å². The van der Waals surface area contributed by atoms with E-state index in [2.05, 4.69) is 24.8 Å². The molecule has 3 heteroatoms. The molecule has 1 aromatic heterocycles. The highest BCUT2D eigenvalue weighted by Crippen LogP contribution is 2.39. The quantitative estimate of drug-likeness (QED) is 0.848. The third-order valence-electron chi connectivity index (χ3n) is 5.09. The van der Waals surface area contributed by atoms with Crippen molar-refractivity contribution in [2.75, 3.05) is 18.0 Å². The van der Waals surface area contributed by atoms with Gasteiger partial charge in [0.25, 0.3) is 0 Å². The van der Waals surface area contributed by atoms with Crippen molar-refractivity contribution in [3.63, 3.8) is 0 Å². The average molecular weight is 279 g/mol. The van der Waals surface area contributed by atoms with E-state index in [1.54, 1.807) is 0 Å². The molecule has 0 aliphatic carbocycles. The number of rotatable bonds is 3. The van der Waals surface area contributed by atoms with Gasteiger partial charge in [-0.3, -0.25) is 0 Å². The summed E-state index contributed by atoms with van der Waals surface area (Å²) >= 11 is 0. The first-order valence-electron chi connectivity index (χ1n) is 7.76. The first-order valence-corrected chi connectivity index (χ1v) is 7.76. The summed E-state index contributed by atoms with van der Waals surface area (Å²) in [6, 6.07) is 12.2. The molecule has 0 spiro atoms. The van der Waals surface area contributed by atoms with Crippen LogP contribution < -0.4 is 4.90 Å². The van der Waals surface area contributed by atoms with Crippen LogP contribution in [-0.4, -0.2) is 18.1 Å². The molecule has 1 fully saturated rings. The number of nitrogens with zero attached hydrogens (tertiary/aromatic N) is 3. The van der Waals surface area contributed by atoms with Gasteiger partial charge in [0.2, 0.25) is 0 Å². The molecule has 0 amide bonds. The van der Waals surface area contributed by atoms with Crippen LogP contribution in [0.25, 0.3) is 10.9 Å². The van der Waals surface area contributed by atoms with Crippen LogP contribution in [0.4, 0.5) is 5.82 Å². The van der Waals surface area contributed by atoms with Crippen molar-refractivity contribution >= 4 is 16.7 Å². The van der Waals surface area contributed by atoms with Crippen LogP contribution in [0.3, 0.4) is 0 Å². The lowest BCUT2D eigenvalue weighted by Crippen LogP contribution is -2.26. The highest BCUT2D eigenvalue weighted by Gasteiger charge is 2.35.